The Hall–Kier alpha value is -3.32. The van der Waals surface area contributed by atoms with Crippen LogP contribution in [0.15, 0.2) is 59.3 Å². The quantitative estimate of drug-likeness (QED) is 0.413. The Morgan fingerprint density at radius 1 is 1.16 bits per heavy atom. The van der Waals surface area contributed by atoms with Crippen LogP contribution in [0.3, 0.4) is 0 Å². The third-order valence-electron chi connectivity index (χ3n) is 5.88. The van der Waals surface area contributed by atoms with Crippen LogP contribution in [-0.2, 0) is 0 Å². The van der Waals surface area contributed by atoms with E-state index in [1.165, 1.54) is 12.1 Å². The molecule has 0 radical (unpaired) electrons. The van der Waals surface area contributed by atoms with Gasteiger partial charge in [-0.3, -0.25) is 4.79 Å². The summed E-state index contributed by atoms with van der Waals surface area (Å²) in [6.07, 6.45) is 4.90. The zero-order valence-corrected chi connectivity index (χ0v) is 18.1. The number of rotatable bonds is 3. The van der Waals surface area contributed by atoms with Crippen molar-refractivity contribution in [3.63, 3.8) is 0 Å². The van der Waals surface area contributed by atoms with Gasteiger partial charge in [0.1, 0.15) is 11.3 Å². The molecule has 1 aliphatic heterocycles. The number of fused-ring (bicyclic) bond motifs is 1. The van der Waals surface area contributed by atoms with Gasteiger partial charge in [-0.2, -0.15) is 0 Å². The number of oxazole rings is 1. The molecule has 0 saturated carbocycles. The molecule has 0 N–H and O–H groups in total. The highest BCUT2D eigenvalue weighted by Gasteiger charge is 2.34. The average Bonchev–Trinajstić information content (AvgIpc) is 3.22. The monoisotopic (exact) mass is 450 g/mol. The van der Waals surface area contributed by atoms with Gasteiger partial charge in [-0.25, -0.2) is 19.3 Å². The number of carbonyl (C=O) groups excluding carboxylic acids is 1. The number of carbonyl (C=O) groups is 1. The van der Waals surface area contributed by atoms with Gasteiger partial charge in [0.25, 0.3) is 5.91 Å². The normalized spacial score (nSPS) is 18.8. The third kappa shape index (κ3) is 3.84. The number of hydrogen-bond acceptors (Lipinski definition) is 5. The summed E-state index contributed by atoms with van der Waals surface area (Å²) in [6.45, 7) is 2.47. The van der Waals surface area contributed by atoms with E-state index in [-0.39, 0.29) is 23.7 Å². The van der Waals surface area contributed by atoms with E-state index in [1.807, 2.05) is 11.8 Å². The molecule has 6 nitrogen and oxygen atoms in total. The van der Waals surface area contributed by atoms with Crippen LogP contribution >= 0.6 is 11.6 Å². The number of likely N-dealkylation sites (tertiary alicyclic amines) is 1. The molecule has 1 saturated heterocycles. The first kappa shape index (κ1) is 20.6. The first-order chi connectivity index (χ1) is 15.5. The highest BCUT2D eigenvalue weighted by molar-refractivity contribution is 6.31. The first-order valence-corrected chi connectivity index (χ1v) is 10.8. The molecule has 1 fully saturated rings. The van der Waals surface area contributed by atoms with Gasteiger partial charge in [-0.1, -0.05) is 11.6 Å². The molecule has 162 valence electrons. The number of hydrogen-bond donors (Lipinski definition) is 0. The molecule has 0 bridgehead atoms. The molecule has 0 aliphatic carbocycles. The van der Waals surface area contributed by atoms with E-state index in [1.54, 1.807) is 42.7 Å². The van der Waals surface area contributed by atoms with E-state index in [4.69, 9.17) is 16.0 Å². The topological polar surface area (TPSA) is 72.1 Å². The van der Waals surface area contributed by atoms with Gasteiger partial charge in [0, 0.05) is 41.6 Å². The van der Waals surface area contributed by atoms with Gasteiger partial charge in [-0.15, -0.1) is 0 Å². The number of benzene rings is 2. The summed E-state index contributed by atoms with van der Waals surface area (Å²) in [6, 6.07) is 11.2. The van der Waals surface area contributed by atoms with E-state index in [0.29, 0.717) is 45.5 Å². The van der Waals surface area contributed by atoms with Gasteiger partial charge in [0.2, 0.25) is 0 Å². The molecule has 2 atom stereocenters. The smallest absolute Gasteiger partial charge is 0.254 e. The number of nitrogens with zero attached hydrogens (tertiary/aromatic N) is 4. The number of amides is 1. The average molecular weight is 451 g/mol. The Kier molecular flexibility index (Phi) is 5.35. The molecule has 4 aromatic rings. The van der Waals surface area contributed by atoms with Crippen LogP contribution in [0.2, 0.25) is 5.02 Å². The Labute approximate surface area is 189 Å². The van der Waals surface area contributed by atoms with Crippen molar-refractivity contribution in [2.75, 3.05) is 6.54 Å². The van der Waals surface area contributed by atoms with E-state index in [9.17, 15) is 9.18 Å². The van der Waals surface area contributed by atoms with Gasteiger partial charge >= 0.3 is 0 Å². The second-order valence-electron chi connectivity index (χ2n) is 8.01. The molecule has 2 aromatic carbocycles. The minimum Gasteiger partial charge on any atom is -0.440 e. The predicted octanol–water partition coefficient (Wildman–Crippen LogP) is 5.49. The molecule has 3 heterocycles. The Morgan fingerprint density at radius 2 is 1.97 bits per heavy atom. The Bertz CT molecular complexity index is 1290. The number of aromatic nitrogens is 3. The van der Waals surface area contributed by atoms with Gasteiger partial charge in [-0.05, 0) is 56.2 Å². The van der Waals surface area contributed by atoms with Gasteiger partial charge in [0.15, 0.2) is 17.3 Å². The molecular formula is C24H20ClFN4O2. The highest BCUT2D eigenvalue weighted by atomic mass is 35.5. The van der Waals surface area contributed by atoms with Crippen LogP contribution in [0, 0.1) is 5.82 Å². The lowest BCUT2D eigenvalue weighted by Crippen LogP contribution is -2.45. The predicted molar refractivity (Wildman–Crippen MR) is 119 cm³/mol. The summed E-state index contributed by atoms with van der Waals surface area (Å²) >= 11 is 6.24. The molecular weight excluding hydrogens is 431 g/mol. The second-order valence-corrected chi connectivity index (χ2v) is 8.44. The van der Waals surface area contributed by atoms with E-state index >= 15 is 0 Å². The maximum Gasteiger partial charge on any atom is 0.254 e. The lowest BCUT2D eigenvalue weighted by molar-refractivity contribution is 0.0598. The summed E-state index contributed by atoms with van der Waals surface area (Å²) in [5, 5.41) is 0.468. The minimum absolute atomic E-state index is 0.0316. The minimum atomic E-state index is -0.370. The van der Waals surface area contributed by atoms with Crippen molar-refractivity contribution in [3.05, 3.63) is 77.2 Å². The van der Waals surface area contributed by atoms with Crippen molar-refractivity contribution < 1.29 is 13.6 Å². The molecule has 0 unspecified atom stereocenters. The Balaban J connectivity index is 1.47. The fourth-order valence-electron chi connectivity index (χ4n) is 4.16. The van der Waals surface area contributed by atoms with Gasteiger partial charge < -0.3 is 9.32 Å². The summed E-state index contributed by atoms with van der Waals surface area (Å²) in [5.74, 6) is 0.393. The molecule has 5 rings (SSSR count). The van der Waals surface area contributed by atoms with Crippen molar-refractivity contribution in [1.82, 2.24) is 19.9 Å². The number of halogens is 2. The summed E-state index contributed by atoms with van der Waals surface area (Å²) in [5.41, 5.74) is 2.11. The zero-order valence-electron chi connectivity index (χ0n) is 17.3. The van der Waals surface area contributed by atoms with Crippen LogP contribution in [0.4, 0.5) is 4.39 Å². The Morgan fingerprint density at radius 3 is 2.78 bits per heavy atom. The first-order valence-electron chi connectivity index (χ1n) is 10.4. The van der Waals surface area contributed by atoms with E-state index in [2.05, 4.69) is 15.0 Å². The van der Waals surface area contributed by atoms with Crippen LogP contribution in [0.25, 0.3) is 22.5 Å². The molecule has 32 heavy (non-hydrogen) atoms. The maximum absolute atomic E-state index is 13.7. The molecule has 1 aliphatic rings. The molecule has 1 amide bonds. The maximum atomic E-state index is 13.7. The summed E-state index contributed by atoms with van der Waals surface area (Å²) in [4.78, 5) is 28.6. The molecule has 8 heteroatoms. The van der Waals surface area contributed by atoms with E-state index < -0.39 is 0 Å². The summed E-state index contributed by atoms with van der Waals surface area (Å²) < 4.78 is 19.4. The lowest BCUT2D eigenvalue weighted by Gasteiger charge is -2.37. The number of piperidine rings is 1. The third-order valence-corrected chi connectivity index (χ3v) is 6.11. The fourth-order valence-corrected chi connectivity index (χ4v) is 4.34. The SMILES string of the molecule is C[C@@H]1CC[C@@H](c2nc3ccc(F)cc3o2)CN1C(=O)c1cc(Cl)ccc1-c1ncccn1. The lowest BCUT2D eigenvalue weighted by atomic mass is 9.92. The van der Waals surface area contributed by atoms with Crippen molar-refractivity contribution in [1.29, 1.82) is 0 Å². The van der Waals surface area contributed by atoms with Crippen molar-refractivity contribution in [2.45, 2.75) is 31.7 Å². The van der Waals surface area contributed by atoms with Crippen molar-refractivity contribution in [3.8, 4) is 11.4 Å². The fraction of sp³-hybridized carbons (Fsp3) is 0.250. The second kappa shape index (κ2) is 8.31. The molecule has 0 spiro atoms. The summed E-state index contributed by atoms with van der Waals surface area (Å²) in [7, 11) is 0. The van der Waals surface area contributed by atoms with Crippen molar-refractivity contribution in [2.24, 2.45) is 0 Å². The highest BCUT2D eigenvalue weighted by Crippen LogP contribution is 2.34. The standard InChI is InChI=1S/C24H20ClFN4O2/c1-14-3-4-15(23-29-20-8-6-17(26)12-21(20)32-23)13-30(14)24(31)19-11-16(25)5-7-18(19)22-27-9-2-10-28-22/h2,5-12,14-15H,3-4,13H2,1H3/t14-,15-/m1/s1. The van der Waals surface area contributed by atoms with Crippen LogP contribution in [0.1, 0.15) is 41.9 Å². The zero-order chi connectivity index (χ0) is 22.2. The largest absolute Gasteiger partial charge is 0.440 e. The van der Waals surface area contributed by atoms with Gasteiger partial charge in [0.05, 0.1) is 11.5 Å². The van der Waals surface area contributed by atoms with Crippen LogP contribution < -0.4 is 0 Å². The van der Waals surface area contributed by atoms with Crippen LogP contribution in [-0.4, -0.2) is 38.3 Å². The van der Waals surface area contributed by atoms with Crippen LogP contribution in [0.5, 0.6) is 0 Å². The molecule has 2 aromatic heterocycles. The van der Waals surface area contributed by atoms with Crippen molar-refractivity contribution >= 4 is 28.6 Å². The van der Waals surface area contributed by atoms with E-state index in [0.717, 1.165) is 12.8 Å².